The quantitative estimate of drug-likeness (QED) is 0.652. The van der Waals surface area contributed by atoms with Crippen molar-refractivity contribution < 1.29 is 18.9 Å². The van der Waals surface area contributed by atoms with Crippen molar-refractivity contribution in [1.29, 1.82) is 0 Å². The molecule has 2 aromatic carbocycles. The molecule has 0 N–H and O–H groups in total. The number of hydrogen-bond donors (Lipinski definition) is 0. The third-order valence-electron chi connectivity index (χ3n) is 3.42. The Morgan fingerprint density at radius 3 is 1.17 bits per heavy atom. The van der Waals surface area contributed by atoms with Crippen LogP contribution in [0.3, 0.4) is 0 Å². The molecule has 2 rings (SSSR count). The molecule has 2 aromatic rings. The average molecular weight is 330 g/mol. The highest BCUT2D eigenvalue weighted by atomic mass is 16.5. The molecule has 0 heterocycles. The van der Waals surface area contributed by atoms with Gasteiger partial charge < -0.3 is 18.9 Å². The van der Waals surface area contributed by atoms with E-state index in [1.54, 1.807) is 0 Å². The molecular formula is C20H26O4. The largest absolute Gasteiger partial charge is 0.490 e. The van der Waals surface area contributed by atoms with Crippen LogP contribution in [0.15, 0.2) is 36.4 Å². The highest BCUT2D eigenvalue weighted by Crippen LogP contribution is 2.36. The van der Waals surface area contributed by atoms with Gasteiger partial charge in [0.05, 0.1) is 26.4 Å². The summed E-state index contributed by atoms with van der Waals surface area (Å²) in [5, 5.41) is 0. The van der Waals surface area contributed by atoms with Gasteiger partial charge in [-0.15, -0.1) is 0 Å². The smallest absolute Gasteiger partial charge is 0.161 e. The van der Waals surface area contributed by atoms with Crippen molar-refractivity contribution in [3.05, 3.63) is 36.4 Å². The van der Waals surface area contributed by atoms with Gasteiger partial charge in [0, 0.05) is 0 Å². The van der Waals surface area contributed by atoms with E-state index in [-0.39, 0.29) is 0 Å². The highest BCUT2D eigenvalue weighted by molar-refractivity contribution is 5.70. The fraction of sp³-hybridized carbons (Fsp3) is 0.400. The second-order valence-corrected chi connectivity index (χ2v) is 5.06. The Bertz CT molecular complexity index is 595. The summed E-state index contributed by atoms with van der Waals surface area (Å²) in [6.45, 7) is 10.3. The van der Waals surface area contributed by atoms with Crippen LogP contribution in [0.25, 0.3) is 11.1 Å². The number of rotatable bonds is 9. The minimum atomic E-state index is 0.594. The zero-order valence-corrected chi connectivity index (χ0v) is 14.9. The normalized spacial score (nSPS) is 10.3. The van der Waals surface area contributed by atoms with E-state index in [9.17, 15) is 0 Å². The van der Waals surface area contributed by atoms with Crippen molar-refractivity contribution >= 4 is 0 Å². The number of hydrogen-bond acceptors (Lipinski definition) is 4. The van der Waals surface area contributed by atoms with E-state index in [4.69, 9.17) is 18.9 Å². The van der Waals surface area contributed by atoms with E-state index in [0.717, 1.165) is 34.1 Å². The third kappa shape index (κ3) is 4.34. The second kappa shape index (κ2) is 9.06. The zero-order chi connectivity index (χ0) is 17.4. The van der Waals surface area contributed by atoms with Crippen LogP contribution in [0.2, 0.25) is 0 Å². The van der Waals surface area contributed by atoms with Crippen molar-refractivity contribution in [2.24, 2.45) is 0 Å². The Labute approximate surface area is 144 Å². The van der Waals surface area contributed by atoms with Crippen molar-refractivity contribution in [2.75, 3.05) is 26.4 Å². The lowest BCUT2D eigenvalue weighted by molar-refractivity contribution is 0.287. The van der Waals surface area contributed by atoms with Gasteiger partial charge >= 0.3 is 0 Å². The monoisotopic (exact) mass is 330 g/mol. The molecule has 0 aromatic heterocycles. The molecule has 0 unspecified atom stereocenters. The van der Waals surface area contributed by atoms with Gasteiger partial charge in [0.1, 0.15) is 0 Å². The summed E-state index contributed by atoms with van der Waals surface area (Å²) in [5.74, 6) is 3.03. The standard InChI is InChI=1S/C20H26O4/c1-5-21-17-11-9-15(13-19(17)23-7-3)16-10-12-18(22-6-2)20(14-16)24-8-4/h9-14H,5-8H2,1-4H3. The predicted molar refractivity (Wildman–Crippen MR) is 96.6 cm³/mol. The lowest BCUT2D eigenvalue weighted by atomic mass is 10.0. The minimum absolute atomic E-state index is 0.594. The molecule has 0 aliphatic heterocycles. The molecule has 130 valence electrons. The Hall–Kier alpha value is -2.36. The van der Waals surface area contributed by atoms with Crippen LogP contribution in [-0.4, -0.2) is 26.4 Å². The van der Waals surface area contributed by atoms with E-state index >= 15 is 0 Å². The first-order valence-corrected chi connectivity index (χ1v) is 8.53. The maximum Gasteiger partial charge on any atom is 0.161 e. The molecule has 0 spiro atoms. The SMILES string of the molecule is CCOc1ccc(-c2ccc(OCC)c(OCC)c2)cc1OCC. The first-order chi connectivity index (χ1) is 11.7. The van der Waals surface area contributed by atoms with Crippen LogP contribution in [0.1, 0.15) is 27.7 Å². The zero-order valence-electron chi connectivity index (χ0n) is 14.9. The van der Waals surface area contributed by atoms with Crippen molar-refractivity contribution in [1.82, 2.24) is 0 Å². The Kier molecular flexibility index (Phi) is 6.79. The fourth-order valence-electron chi connectivity index (χ4n) is 2.46. The molecule has 0 aliphatic carbocycles. The maximum atomic E-state index is 5.71. The first kappa shape index (κ1) is 18.0. The summed E-state index contributed by atoms with van der Waals surface area (Å²) >= 11 is 0. The molecule has 0 saturated heterocycles. The number of ether oxygens (including phenoxy) is 4. The van der Waals surface area contributed by atoms with E-state index in [0.29, 0.717) is 26.4 Å². The molecule has 4 nitrogen and oxygen atoms in total. The van der Waals surface area contributed by atoms with Crippen LogP contribution in [0, 0.1) is 0 Å². The topological polar surface area (TPSA) is 36.9 Å². The van der Waals surface area contributed by atoms with E-state index in [2.05, 4.69) is 0 Å². The molecule has 0 aliphatic rings. The van der Waals surface area contributed by atoms with Crippen molar-refractivity contribution in [3.8, 4) is 34.1 Å². The van der Waals surface area contributed by atoms with E-state index in [1.807, 2.05) is 64.1 Å². The molecule has 0 radical (unpaired) electrons. The summed E-state index contributed by atoms with van der Waals surface area (Å²) < 4.78 is 22.7. The Morgan fingerprint density at radius 2 is 0.833 bits per heavy atom. The fourth-order valence-corrected chi connectivity index (χ4v) is 2.46. The summed E-state index contributed by atoms with van der Waals surface area (Å²) in [7, 11) is 0. The summed E-state index contributed by atoms with van der Waals surface area (Å²) in [5.41, 5.74) is 2.09. The van der Waals surface area contributed by atoms with Crippen LogP contribution in [-0.2, 0) is 0 Å². The molecular weight excluding hydrogens is 304 g/mol. The molecule has 0 fully saturated rings. The second-order valence-electron chi connectivity index (χ2n) is 5.06. The van der Waals surface area contributed by atoms with Gasteiger partial charge in [-0.1, -0.05) is 12.1 Å². The van der Waals surface area contributed by atoms with E-state index < -0.39 is 0 Å². The number of benzene rings is 2. The van der Waals surface area contributed by atoms with Crippen molar-refractivity contribution in [3.63, 3.8) is 0 Å². The third-order valence-corrected chi connectivity index (χ3v) is 3.42. The summed E-state index contributed by atoms with van der Waals surface area (Å²) in [4.78, 5) is 0. The maximum absolute atomic E-state index is 5.71. The van der Waals surface area contributed by atoms with Crippen LogP contribution in [0.5, 0.6) is 23.0 Å². The Balaban J connectivity index is 2.39. The van der Waals surface area contributed by atoms with Gasteiger partial charge in [0.25, 0.3) is 0 Å². The van der Waals surface area contributed by atoms with Gasteiger partial charge in [-0.25, -0.2) is 0 Å². The van der Waals surface area contributed by atoms with Gasteiger partial charge in [0.15, 0.2) is 23.0 Å². The Morgan fingerprint density at radius 1 is 0.500 bits per heavy atom. The molecule has 0 amide bonds. The van der Waals surface area contributed by atoms with Crippen LogP contribution >= 0.6 is 0 Å². The van der Waals surface area contributed by atoms with Crippen molar-refractivity contribution in [2.45, 2.75) is 27.7 Å². The van der Waals surface area contributed by atoms with Gasteiger partial charge in [0.2, 0.25) is 0 Å². The highest BCUT2D eigenvalue weighted by Gasteiger charge is 2.11. The van der Waals surface area contributed by atoms with Crippen LogP contribution in [0.4, 0.5) is 0 Å². The molecule has 24 heavy (non-hydrogen) atoms. The predicted octanol–water partition coefficient (Wildman–Crippen LogP) is 4.95. The minimum Gasteiger partial charge on any atom is -0.490 e. The van der Waals surface area contributed by atoms with Gasteiger partial charge in [-0.05, 0) is 63.1 Å². The van der Waals surface area contributed by atoms with Gasteiger partial charge in [-0.2, -0.15) is 0 Å². The first-order valence-electron chi connectivity index (χ1n) is 8.53. The average Bonchev–Trinajstić information content (AvgIpc) is 2.59. The summed E-state index contributed by atoms with van der Waals surface area (Å²) in [6.07, 6.45) is 0. The summed E-state index contributed by atoms with van der Waals surface area (Å²) in [6, 6.07) is 11.9. The molecule has 0 bridgehead atoms. The van der Waals surface area contributed by atoms with Gasteiger partial charge in [-0.3, -0.25) is 0 Å². The van der Waals surface area contributed by atoms with Crippen LogP contribution < -0.4 is 18.9 Å². The lowest BCUT2D eigenvalue weighted by Crippen LogP contribution is -1.99. The lowest BCUT2D eigenvalue weighted by Gasteiger charge is -2.15. The molecule has 0 atom stereocenters. The van der Waals surface area contributed by atoms with E-state index in [1.165, 1.54) is 0 Å². The molecule has 0 saturated carbocycles. The molecule has 4 heteroatoms.